The Balaban J connectivity index is 2.21. The Kier molecular flexibility index (Phi) is 4.28. The summed E-state index contributed by atoms with van der Waals surface area (Å²) in [6, 6.07) is 0. The molecule has 1 amide bonds. The van der Waals surface area contributed by atoms with Crippen molar-refractivity contribution in [3.63, 3.8) is 0 Å². The van der Waals surface area contributed by atoms with E-state index >= 15 is 0 Å². The van der Waals surface area contributed by atoms with E-state index < -0.39 is 30.0 Å². The summed E-state index contributed by atoms with van der Waals surface area (Å²) in [6.45, 7) is 13.3. The zero-order valence-corrected chi connectivity index (χ0v) is 15.2. The minimum atomic E-state index is -0.647. The van der Waals surface area contributed by atoms with Crippen LogP contribution in [0.15, 0.2) is 6.20 Å². The zero-order valence-electron chi connectivity index (χ0n) is 15.2. The molecule has 0 atom stereocenters. The number of aromatic nitrogens is 2. The third-order valence-electron chi connectivity index (χ3n) is 3.97. The molecule has 128 valence electrons. The molecule has 0 saturated carbocycles. The van der Waals surface area contributed by atoms with E-state index in [1.165, 1.54) is 0 Å². The highest BCUT2D eigenvalue weighted by atomic mass is 16.7. The van der Waals surface area contributed by atoms with E-state index in [0.29, 0.717) is 11.3 Å². The van der Waals surface area contributed by atoms with Crippen molar-refractivity contribution >= 4 is 24.5 Å². The first-order valence-corrected chi connectivity index (χ1v) is 7.70. The molecule has 0 aliphatic carbocycles. The number of carbonyl (C=O) groups is 1. The lowest BCUT2D eigenvalue weighted by Gasteiger charge is -2.32. The third kappa shape index (κ3) is 3.87. The molecule has 0 spiro atoms. The van der Waals surface area contributed by atoms with Crippen molar-refractivity contribution < 1.29 is 18.8 Å². The molecule has 1 fully saturated rings. The molecule has 0 bridgehead atoms. The van der Waals surface area contributed by atoms with Crippen molar-refractivity contribution in [3.8, 4) is 0 Å². The van der Waals surface area contributed by atoms with Crippen molar-refractivity contribution in [3.05, 3.63) is 6.20 Å². The smallest absolute Gasteiger partial charge is 0.444 e. The van der Waals surface area contributed by atoms with Crippen LogP contribution in [-0.2, 0) is 21.1 Å². The number of hydrogen-bond donors (Lipinski definition) is 1. The lowest BCUT2D eigenvalue weighted by atomic mass is 9.84. The quantitative estimate of drug-likeness (QED) is 0.843. The second-order valence-corrected chi connectivity index (χ2v) is 7.82. The van der Waals surface area contributed by atoms with Gasteiger partial charge >= 0.3 is 13.2 Å². The first-order chi connectivity index (χ1) is 10.3. The first-order valence-electron chi connectivity index (χ1n) is 7.70. The number of anilines is 1. The molecule has 2 heterocycles. The van der Waals surface area contributed by atoms with E-state index in [2.05, 4.69) is 10.4 Å². The largest absolute Gasteiger partial charge is 0.518 e. The van der Waals surface area contributed by atoms with Crippen LogP contribution in [0.4, 0.5) is 10.5 Å². The Morgan fingerprint density at radius 1 is 1.26 bits per heavy atom. The fourth-order valence-corrected chi connectivity index (χ4v) is 2.14. The standard InChI is InChI=1S/C15H26BN3O4/c1-13(2,3)21-12(20)17-10-9-19(8)18-11(10)16-22-14(4,5)15(6,7)23-16/h9H,1-8H3,(H,17,20). The van der Waals surface area contributed by atoms with Crippen LogP contribution in [0.2, 0.25) is 0 Å². The number of rotatable bonds is 2. The van der Waals surface area contributed by atoms with E-state index in [1.807, 2.05) is 48.5 Å². The molecule has 1 saturated heterocycles. The summed E-state index contributed by atoms with van der Waals surface area (Å²) in [5.74, 6) is 0. The van der Waals surface area contributed by atoms with Gasteiger partial charge in [0, 0.05) is 13.2 Å². The van der Waals surface area contributed by atoms with E-state index in [0.717, 1.165) is 0 Å². The average Bonchev–Trinajstić information content (AvgIpc) is 2.74. The molecule has 0 radical (unpaired) electrons. The van der Waals surface area contributed by atoms with Gasteiger partial charge in [-0.15, -0.1) is 0 Å². The molecule has 0 aromatic carbocycles. The molecule has 2 rings (SSSR count). The van der Waals surface area contributed by atoms with Crippen LogP contribution >= 0.6 is 0 Å². The summed E-state index contributed by atoms with van der Waals surface area (Å²) in [5.41, 5.74) is -0.481. The van der Waals surface area contributed by atoms with Gasteiger partial charge in [-0.25, -0.2) is 4.79 Å². The Morgan fingerprint density at radius 3 is 2.26 bits per heavy atom. The first kappa shape index (κ1) is 17.8. The van der Waals surface area contributed by atoms with Crippen LogP contribution in [0.5, 0.6) is 0 Å². The maximum Gasteiger partial charge on any atom is 0.518 e. The van der Waals surface area contributed by atoms with Gasteiger partial charge in [0.25, 0.3) is 0 Å². The summed E-state index contributed by atoms with van der Waals surface area (Å²) in [5, 5.41) is 7.08. The summed E-state index contributed by atoms with van der Waals surface area (Å²) in [6.07, 6.45) is 1.16. The zero-order chi connectivity index (χ0) is 17.6. The van der Waals surface area contributed by atoms with Crippen molar-refractivity contribution in [2.75, 3.05) is 5.32 Å². The monoisotopic (exact) mass is 323 g/mol. The number of aryl methyl sites for hydroxylation is 1. The summed E-state index contributed by atoms with van der Waals surface area (Å²) < 4.78 is 18.9. The highest BCUT2D eigenvalue weighted by Crippen LogP contribution is 2.36. The van der Waals surface area contributed by atoms with Crippen LogP contribution in [0.3, 0.4) is 0 Å². The minimum absolute atomic E-state index is 0.474. The van der Waals surface area contributed by atoms with Gasteiger partial charge in [-0.05, 0) is 48.5 Å². The summed E-state index contributed by atoms with van der Waals surface area (Å²) in [7, 11) is 1.13. The number of nitrogens with zero attached hydrogens (tertiary/aromatic N) is 2. The van der Waals surface area contributed by atoms with Crippen molar-refractivity contribution in [2.24, 2.45) is 7.05 Å². The molecule has 1 aliphatic rings. The van der Waals surface area contributed by atoms with Crippen LogP contribution in [0, 0.1) is 0 Å². The van der Waals surface area contributed by atoms with Crippen molar-refractivity contribution in [1.82, 2.24) is 9.78 Å². The van der Waals surface area contributed by atoms with Crippen molar-refractivity contribution in [1.29, 1.82) is 0 Å². The molecular formula is C15H26BN3O4. The van der Waals surface area contributed by atoms with Crippen molar-refractivity contribution in [2.45, 2.75) is 65.3 Å². The molecule has 7 nitrogen and oxygen atoms in total. The number of ether oxygens (including phenoxy) is 1. The average molecular weight is 323 g/mol. The lowest BCUT2D eigenvalue weighted by molar-refractivity contribution is 0.00578. The number of amides is 1. The van der Waals surface area contributed by atoms with Gasteiger partial charge < -0.3 is 14.0 Å². The van der Waals surface area contributed by atoms with E-state index in [9.17, 15) is 4.79 Å². The van der Waals surface area contributed by atoms with E-state index in [1.54, 1.807) is 17.9 Å². The molecule has 23 heavy (non-hydrogen) atoms. The third-order valence-corrected chi connectivity index (χ3v) is 3.97. The lowest BCUT2D eigenvalue weighted by Crippen LogP contribution is -2.41. The van der Waals surface area contributed by atoms with Gasteiger partial charge in [-0.2, -0.15) is 5.10 Å². The van der Waals surface area contributed by atoms with Gasteiger partial charge in [-0.3, -0.25) is 10.00 Å². The van der Waals surface area contributed by atoms with Crippen LogP contribution in [0.25, 0.3) is 0 Å². The predicted molar refractivity (Wildman–Crippen MR) is 88.8 cm³/mol. The molecule has 1 aliphatic heterocycles. The fraction of sp³-hybridized carbons (Fsp3) is 0.733. The van der Waals surface area contributed by atoms with E-state index in [4.69, 9.17) is 14.0 Å². The van der Waals surface area contributed by atoms with Crippen LogP contribution in [0.1, 0.15) is 48.5 Å². The Morgan fingerprint density at radius 2 is 1.78 bits per heavy atom. The number of carbonyl (C=O) groups excluding carboxylic acids is 1. The van der Waals surface area contributed by atoms with Crippen LogP contribution in [-0.4, -0.2) is 39.8 Å². The van der Waals surface area contributed by atoms with Gasteiger partial charge in [0.15, 0.2) is 0 Å². The fourth-order valence-electron chi connectivity index (χ4n) is 2.14. The normalized spacial score (nSPS) is 19.7. The maximum atomic E-state index is 12.0. The molecule has 0 unspecified atom stereocenters. The Labute approximate surface area is 137 Å². The minimum Gasteiger partial charge on any atom is -0.444 e. The molecular weight excluding hydrogens is 297 g/mol. The molecule has 1 N–H and O–H groups in total. The van der Waals surface area contributed by atoms with Gasteiger partial charge in [-0.1, -0.05) is 0 Å². The summed E-state index contributed by atoms with van der Waals surface area (Å²) >= 11 is 0. The molecule has 1 aromatic rings. The second kappa shape index (κ2) is 5.52. The molecule has 8 heteroatoms. The van der Waals surface area contributed by atoms with Gasteiger partial charge in [0.2, 0.25) is 0 Å². The van der Waals surface area contributed by atoms with E-state index in [-0.39, 0.29) is 0 Å². The Bertz CT molecular complexity index is 588. The molecule has 1 aromatic heterocycles. The summed E-state index contributed by atoms with van der Waals surface area (Å²) in [4.78, 5) is 12.0. The number of nitrogens with one attached hydrogen (secondary N) is 1. The van der Waals surface area contributed by atoms with Gasteiger partial charge in [0.1, 0.15) is 11.2 Å². The second-order valence-electron chi connectivity index (χ2n) is 7.82. The maximum absolute atomic E-state index is 12.0. The SMILES string of the molecule is Cn1cc(NC(=O)OC(C)(C)C)c(B2OC(C)(C)C(C)(C)O2)n1. The van der Waals surface area contributed by atoms with Crippen LogP contribution < -0.4 is 10.9 Å². The highest BCUT2D eigenvalue weighted by molar-refractivity contribution is 6.63. The highest BCUT2D eigenvalue weighted by Gasteiger charge is 2.53. The topological polar surface area (TPSA) is 74.6 Å². The predicted octanol–water partition coefficient (Wildman–Crippen LogP) is 2.07. The Hall–Kier alpha value is -1.54. The van der Waals surface area contributed by atoms with Gasteiger partial charge in [0.05, 0.1) is 16.9 Å². The number of hydrogen-bond acceptors (Lipinski definition) is 5.